The highest BCUT2D eigenvalue weighted by atomic mass is 32.2. The summed E-state index contributed by atoms with van der Waals surface area (Å²) < 4.78 is 23.9. The number of quaternary nitrogens is 1. The molecule has 0 radical (unpaired) electrons. The van der Waals surface area contributed by atoms with E-state index in [9.17, 15) is 8.42 Å². The van der Waals surface area contributed by atoms with Crippen LogP contribution in [0, 0.1) is 7.05 Å². The Hall–Kier alpha value is -0.870. The summed E-state index contributed by atoms with van der Waals surface area (Å²) in [6.45, 7) is 6.26. The van der Waals surface area contributed by atoms with Gasteiger partial charge in [0.25, 0.3) is 10.0 Å². The first-order valence-corrected chi connectivity index (χ1v) is 6.30. The van der Waals surface area contributed by atoms with E-state index in [0.717, 1.165) is 10.3 Å². The van der Waals surface area contributed by atoms with E-state index in [4.69, 9.17) is 0 Å². The number of primary sulfonamides is 1. The summed E-state index contributed by atoms with van der Waals surface area (Å²) in [6, 6.07) is 6.93. The molecule has 0 aliphatic carbocycles. The fourth-order valence-corrected chi connectivity index (χ4v) is 1.95. The van der Waals surface area contributed by atoms with Gasteiger partial charge in [0.05, 0.1) is 0 Å². The maximum Gasteiger partial charge on any atom is 0.299 e. The summed E-state index contributed by atoms with van der Waals surface area (Å²) in [5.74, 6) is 0. The van der Waals surface area contributed by atoms with Crippen molar-refractivity contribution in [1.82, 2.24) is 0 Å². The molecule has 4 heteroatoms. The summed E-state index contributed by atoms with van der Waals surface area (Å²) in [4.78, 5) is 0.297. The highest BCUT2D eigenvalue weighted by Crippen LogP contribution is 2.22. The first-order valence-electron chi connectivity index (χ1n) is 4.75. The van der Waals surface area contributed by atoms with E-state index in [2.05, 4.69) is 27.8 Å². The van der Waals surface area contributed by atoms with E-state index in [-0.39, 0.29) is 5.41 Å². The zero-order chi connectivity index (χ0) is 11.7. The maximum atomic E-state index is 11.4. The molecule has 0 saturated carbocycles. The smallest absolute Gasteiger partial charge is 0.299 e. The van der Waals surface area contributed by atoms with Crippen LogP contribution in [0.4, 0.5) is 0 Å². The molecular formula is C11H17NO2S. The average Bonchev–Trinajstić information content (AvgIpc) is 2.17. The van der Waals surface area contributed by atoms with Crippen LogP contribution in [0.15, 0.2) is 29.2 Å². The second-order valence-corrected chi connectivity index (χ2v) is 6.38. The number of hydrogen-bond acceptors (Lipinski definition) is 2. The van der Waals surface area contributed by atoms with Crippen molar-refractivity contribution in [3.63, 3.8) is 0 Å². The molecule has 3 nitrogen and oxygen atoms in total. The lowest BCUT2D eigenvalue weighted by Gasteiger charge is -2.18. The van der Waals surface area contributed by atoms with Gasteiger partial charge in [-0.1, -0.05) is 32.9 Å². The van der Waals surface area contributed by atoms with E-state index in [1.807, 2.05) is 12.1 Å². The fourth-order valence-electron chi connectivity index (χ4n) is 1.24. The van der Waals surface area contributed by atoms with Crippen LogP contribution in [0.5, 0.6) is 0 Å². The molecule has 0 aromatic heterocycles. The molecule has 0 bridgehead atoms. The van der Waals surface area contributed by atoms with Gasteiger partial charge >= 0.3 is 0 Å². The highest BCUT2D eigenvalue weighted by molar-refractivity contribution is 7.84. The monoisotopic (exact) mass is 227 g/mol. The number of rotatable bonds is 2. The topological polar surface area (TPSA) is 50.8 Å². The Morgan fingerprint density at radius 3 is 1.93 bits per heavy atom. The maximum absolute atomic E-state index is 11.4. The number of sulfonamides is 1. The second kappa shape index (κ2) is 3.94. The Kier molecular flexibility index (Phi) is 3.21. The van der Waals surface area contributed by atoms with Crippen molar-refractivity contribution < 1.29 is 13.1 Å². The van der Waals surface area contributed by atoms with Crippen LogP contribution in [-0.4, -0.2) is 8.42 Å². The normalized spacial score (nSPS) is 12.8. The van der Waals surface area contributed by atoms with Crippen LogP contribution in [0.1, 0.15) is 26.3 Å². The van der Waals surface area contributed by atoms with Crippen molar-refractivity contribution >= 4 is 10.0 Å². The van der Waals surface area contributed by atoms with Crippen LogP contribution in [0.3, 0.4) is 0 Å². The van der Waals surface area contributed by atoms with Gasteiger partial charge in [-0.15, -0.1) is 7.05 Å². The van der Waals surface area contributed by atoms with E-state index in [0.29, 0.717) is 4.90 Å². The molecule has 2 N–H and O–H groups in total. The van der Waals surface area contributed by atoms with Crippen molar-refractivity contribution in [2.75, 3.05) is 0 Å². The lowest BCUT2D eigenvalue weighted by atomic mass is 9.87. The summed E-state index contributed by atoms with van der Waals surface area (Å²) >= 11 is 0. The SMILES string of the molecule is [CH2-][NH2+]S(=O)(=O)c1ccc(C(C)(C)C)cc1. The molecule has 1 rings (SSSR count). The minimum Gasteiger partial charge on any atom is -0.367 e. The zero-order valence-electron chi connectivity index (χ0n) is 9.32. The minimum atomic E-state index is -3.30. The molecular weight excluding hydrogens is 210 g/mol. The standard InChI is InChI=1S/C11H17NO2S/c1-11(2,3)9-5-7-10(8-6-9)15(13,14)12-4/h5-8H,4,12H2,1-3H3. The minimum absolute atomic E-state index is 0.0382. The van der Waals surface area contributed by atoms with Crippen molar-refractivity contribution in [3.05, 3.63) is 36.9 Å². The molecule has 0 amide bonds. The van der Waals surface area contributed by atoms with Crippen LogP contribution in [-0.2, 0) is 15.4 Å². The van der Waals surface area contributed by atoms with Crippen molar-refractivity contribution in [3.8, 4) is 0 Å². The molecule has 0 atom stereocenters. The fraction of sp³-hybridized carbons (Fsp3) is 0.364. The largest absolute Gasteiger partial charge is 0.367 e. The van der Waals surface area contributed by atoms with Gasteiger partial charge < -0.3 is 4.72 Å². The third kappa shape index (κ3) is 2.79. The second-order valence-electron chi connectivity index (χ2n) is 4.49. The molecule has 84 valence electrons. The van der Waals surface area contributed by atoms with E-state index in [1.54, 1.807) is 12.1 Å². The molecule has 15 heavy (non-hydrogen) atoms. The summed E-state index contributed by atoms with van der Waals surface area (Å²) in [6.07, 6.45) is 0. The van der Waals surface area contributed by atoms with E-state index >= 15 is 0 Å². The summed E-state index contributed by atoms with van der Waals surface area (Å²) in [5.41, 5.74) is 1.15. The van der Waals surface area contributed by atoms with Crippen molar-refractivity contribution in [2.24, 2.45) is 0 Å². The van der Waals surface area contributed by atoms with Gasteiger partial charge in [-0.05, 0) is 23.1 Å². The molecule has 0 unspecified atom stereocenters. The van der Waals surface area contributed by atoms with Gasteiger partial charge in [-0.2, -0.15) is 8.42 Å². The van der Waals surface area contributed by atoms with Crippen LogP contribution in [0.25, 0.3) is 0 Å². The van der Waals surface area contributed by atoms with Gasteiger partial charge in [0, 0.05) is 0 Å². The van der Waals surface area contributed by atoms with Crippen molar-refractivity contribution in [1.29, 1.82) is 0 Å². The Labute approximate surface area is 91.6 Å². The Bertz CT molecular complexity index is 427. The molecule has 0 fully saturated rings. The lowest BCUT2D eigenvalue weighted by molar-refractivity contribution is -0.424. The van der Waals surface area contributed by atoms with E-state index in [1.165, 1.54) is 0 Å². The Morgan fingerprint density at radius 1 is 1.13 bits per heavy atom. The third-order valence-corrected chi connectivity index (χ3v) is 3.64. The predicted molar refractivity (Wildman–Crippen MR) is 59.6 cm³/mol. The number of benzene rings is 1. The van der Waals surface area contributed by atoms with Crippen LogP contribution >= 0.6 is 0 Å². The Morgan fingerprint density at radius 2 is 1.60 bits per heavy atom. The van der Waals surface area contributed by atoms with Gasteiger partial charge in [0.1, 0.15) is 4.90 Å². The zero-order valence-corrected chi connectivity index (χ0v) is 10.1. The van der Waals surface area contributed by atoms with Crippen molar-refractivity contribution in [2.45, 2.75) is 31.1 Å². The summed E-state index contributed by atoms with van der Waals surface area (Å²) in [5, 5.41) is 0. The quantitative estimate of drug-likeness (QED) is 0.767. The summed E-state index contributed by atoms with van der Waals surface area (Å²) in [7, 11) is -0.00460. The molecule has 0 spiro atoms. The molecule has 0 heterocycles. The number of hydrogen-bond donors (Lipinski definition) is 1. The number of nitrogens with two attached hydrogens (primary N) is 1. The lowest BCUT2D eigenvalue weighted by Crippen LogP contribution is -2.80. The molecule has 0 aliphatic rings. The highest BCUT2D eigenvalue weighted by Gasteiger charge is 2.16. The molecule has 0 saturated heterocycles. The predicted octanol–water partition coefficient (Wildman–Crippen LogP) is 1.03. The first kappa shape index (κ1) is 12.2. The van der Waals surface area contributed by atoms with Crippen LogP contribution < -0.4 is 4.72 Å². The third-order valence-electron chi connectivity index (χ3n) is 2.27. The van der Waals surface area contributed by atoms with Gasteiger partial charge in [0.15, 0.2) is 0 Å². The Balaban J connectivity index is 3.12. The van der Waals surface area contributed by atoms with E-state index < -0.39 is 10.0 Å². The first-order chi connectivity index (χ1) is 6.77. The average molecular weight is 227 g/mol. The van der Waals surface area contributed by atoms with Gasteiger partial charge in [-0.3, -0.25) is 0 Å². The molecule has 1 aromatic rings. The van der Waals surface area contributed by atoms with Gasteiger partial charge in [0.2, 0.25) is 0 Å². The molecule has 0 aliphatic heterocycles. The molecule has 1 aromatic carbocycles. The van der Waals surface area contributed by atoms with Gasteiger partial charge in [-0.25, -0.2) is 0 Å². The van der Waals surface area contributed by atoms with Crippen LogP contribution in [0.2, 0.25) is 0 Å².